The highest BCUT2D eigenvalue weighted by molar-refractivity contribution is 7.93. The highest BCUT2D eigenvalue weighted by Gasteiger charge is 2.25. The summed E-state index contributed by atoms with van der Waals surface area (Å²) in [6.07, 6.45) is 0. The molecule has 0 amide bonds. The van der Waals surface area contributed by atoms with Gasteiger partial charge in [0.25, 0.3) is 10.0 Å². The number of anilines is 1. The molecule has 1 aromatic heterocycles. The molecule has 8 heteroatoms. The van der Waals surface area contributed by atoms with Gasteiger partial charge in [-0.1, -0.05) is 60.7 Å². The lowest BCUT2D eigenvalue weighted by molar-refractivity contribution is 0.597. The zero-order chi connectivity index (χ0) is 21.2. The normalized spacial score (nSPS) is 11.9. The fourth-order valence-electron chi connectivity index (χ4n) is 2.96. The first kappa shape index (κ1) is 20.3. The van der Waals surface area contributed by atoms with E-state index in [1.165, 1.54) is 35.0 Å². The Morgan fingerprint density at radius 3 is 1.80 bits per heavy atom. The Morgan fingerprint density at radius 1 is 0.600 bits per heavy atom. The summed E-state index contributed by atoms with van der Waals surface area (Å²) >= 11 is 1.12. The lowest BCUT2D eigenvalue weighted by Gasteiger charge is -2.10. The van der Waals surface area contributed by atoms with Crippen LogP contribution in [0.3, 0.4) is 0 Å². The van der Waals surface area contributed by atoms with Crippen molar-refractivity contribution in [2.75, 3.05) is 4.72 Å². The van der Waals surface area contributed by atoms with Gasteiger partial charge in [0, 0.05) is 10.8 Å². The average Bonchev–Trinajstić information content (AvgIpc) is 3.23. The van der Waals surface area contributed by atoms with E-state index in [-0.39, 0.29) is 20.4 Å². The van der Waals surface area contributed by atoms with Gasteiger partial charge in [0.1, 0.15) is 4.90 Å². The van der Waals surface area contributed by atoms with Crippen LogP contribution in [0.4, 0.5) is 5.69 Å². The molecular weight excluding hydrogens is 438 g/mol. The zero-order valence-corrected chi connectivity index (χ0v) is 18.0. The second-order valence-corrected chi connectivity index (χ2v) is 10.8. The molecule has 0 aliphatic carbocycles. The molecule has 0 saturated carbocycles. The summed E-state index contributed by atoms with van der Waals surface area (Å²) in [5.41, 5.74) is 1.90. The van der Waals surface area contributed by atoms with Crippen LogP contribution in [0.25, 0.3) is 11.1 Å². The zero-order valence-electron chi connectivity index (χ0n) is 15.6. The van der Waals surface area contributed by atoms with Crippen LogP contribution in [-0.2, 0) is 19.9 Å². The number of hydrogen-bond donors (Lipinski definition) is 1. The van der Waals surface area contributed by atoms with Crippen molar-refractivity contribution in [3.05, 3.63) is 95.7 Å². The second kappa shape index (κ2) is 8.06. The number of sulfonamides is 1. The monoisotopic (exact) mass is 455 g/mol. The summed E-state index contributed by atoms with van der Waals surface area (Å²) in [5, 5.41) is 2.91. The largest absolute Gasteiger partial charge is 0.277 e. The molecule has 0 spiro atoms. The van der Waals surface area contributed by atoms with Crippen molar-refractivity contribution in [1.82, 2.24) is 0 Å². The molecular formula is C22H17NO4S3. The lowest BCUT2D eigenvalue weighted by Crippen LogP contribution is -2.14. The fraction of sp³-hybridized carbons (Fsp3) is 0. The van der Waals surface area contributed by atoms with Gasteiger partial charge in [-0.2, -0.15) is 0 Å². The van der Waals surface area contributed by atoms with E-state index in [4.69, 9.17) is 0 Å². The van der Waals surface area contributed by atoms with Gasteiger partial charge in [0.2, 0.25) is 9.84 Å². The minimum absolute atomic E-state index is 0.0380. The number of benzene rings is 3. The third-order valence-electron chi connectivity index (χ3n) is 4.49. The van der Waals surface area contributed by atoms with Crippen molar-refractivity contribution in [3.8, 4) is 11.1 Å². The number of thiophene rings is 1. The topological polar surface area (TPSA) is 80.3 Å². The molecule has 0 aliphatic heterocycles. The molecule has 0 unspecified atom stereocenters. The smallest absolute Gasteiger partial charge is 0.261 e. The first-order valence-corrected chi connectivity index (χ1v) is 12.8. The lowest BCUT2D eigenvalue weighted by atomic mass is 10.1. The molecule has 0 bridgehead atoms. The maximum atomic E-state index is 12.9. The van der Waals surface area contributed by atoms with E-state index >= 15 is 0 Å². The first-order valence-electron chi connectivity index (χ1n) is 8.92. The summed E-state index contributed by atoms with van der Waals surface area (Å²) in [7, 11) is -7.80. The van der Waals surface area contributed by atoms with Gasteiger partial charge < -0.3 is 0 Å². The van der Waals surface area contributed by atoms with Gasteiger partial charge in [0.05, 0.1) is 15.5 Å². The fourth-order valence-corrected chi connectivity index (χ4v) is 6.72. The van der Waals surface area contributed by atoms with Crippen LogP contribution < -0.4 is 4.72 Å². The van der Waals surface area contributed by atoms with Crippen molar-refractivity contribution >= 4 is 36.9 Å². The van der Waals surface area contributed by atoms with Crippen LogP contribution in [-0.4, -0.2) is 16.8 Å². The third-order valence-corrected chi connectivity index (χ3v) is 8.57. The molecule has 3 aromatic carbocycles. The number of rotatable bonds is 6. The molecule has 0 saturated heterocycles. The summed E-state index contributed by atoms with van der Waals surface area (Å²) in [5.74, 6) is 0. The van der Waals surface area contributed by atoms with Crippen LogP contribution in [0.5, 0.6) is 0 Å². The molecule has 0 atom stereocenters. The van der Waals surface area contributed by atoms with Gasteiger partial charge in [-0.3, -0.25) is 4.72 Å². The van der Waals surface area contributed by atoms with E-state index in [0.717, 1.165) is 22.5 Å². The van der Waals surface area contributed by atoms with Crippen LogP contribution in [0.2, 0.25) is 0 Å². The minimum Gasteiger partial charge on any atom is -0.277 e. The average molecular weight is 456 g/mol. The standard InChI is InChI=1S/C22H17NO4S3/c24-29(25,19-9-5-2-6-10-19)22-16-28-15-21(22)23-30(26,27)20-13-11-18(12-14-20)17-7-3-1-4-8-17/h1-16,23H. The quantitative estimate of drug-likeness (QED) is 0.441. The van der Waals surface area contributed by atoms with E-state index in [9.17, 15) is 16.8 Å². The predicted octanol–water partition coefficient (Wildman–Crippen LogP) is 5.05. The maximum Gasteiger partial charge on any atom is 0.261 e. The van der Waals surface area contributed by atoms with Crippen LogP contribution >= 0.6 is 11.3 Å². The summed E-state index contributed by atoms with van der Waals surface area (Å²) in [6.45, 7) is 0. The van der Waals surface area contributed by atoms with E-state index in [1.54, 1.807) is 30.3 Å². The molecule has 4 rings (SSSR count). The van der Waals surface area contributed by atoms with Crippen molar-refractivity contribution in [3.63, 3.8) is 0 Å². The van der Waals surface area contributed by atoms with Gasteiger partial charge in [-0.05, 0) is 35.4 Å². The van der Waals surface area contributed by atoms with E-state index in [1.807, 2.05) is 30.3 Å². The Bertz CT molecular complexity index is 1360. The maximum absolute atomic E-state index is 12.9. The van der Waals surface area contributed by atoms with Crippen molar-refractivity contribution in [2.45, 2.75) is 14.7 Å². The molecule has 30 heavy (non-hydrogen) atoms. The van der Waals surface area contributed by atoms with E-state index in [0.29, 0.717) is 0 Å². The van der Waals surface area contributed by atoms with Crippen LogP contribution in [0, 0.1) is 0 Å². The highest BCUT2D eigenvalue weighted by Crippen LogP contribution is 2.32. The highest BCUT2D eigenvalue weighted by atomic mass is 32.2. The molecule has 0 fully saturated rings. The van der Waals surface area contributed by atoms with Gasteiger partial charge in [-0.15, -0.1) is 11.3 Å². The first-order chi connectivity index (χ1) is 14.4. The number of hydrogen-bond acceptors (Lipinski definition) is 5. The molecule has 4 aromatic rings. The minimum atomic E-state index is -3.95. The molecule has 1 N–H and O–H groups in total. The number of sulfone groups is 1. The Hall–Kier alpha value is -2.94. The molecule has 0 radical (unpaired) electrons. The Morgan fingerprint density at radius 2 is 1.17 bits per heavy atom. The Balaban J connectivity index is 1.63. The summed E-state index contributed by atoms with van der Waals surface area (Å²) < 4.78 is 54.0. The molecule has 5 nitrogen and oxygen atoms in total. The summed E-state index contributed by atoms with van der Waals surface area (Å²) in [6, 6.07) is 24.0. The van der Waals surface area contributed by atoms with Crippen LogP contribution in [0.15, 0.2) is 110 Å². The van der Waals surface area contributed by atoms with E-state index < -0.39 is 19.9 Å². The van der Waals surface area contributed by atoms with E-state index in [2.05, 4.69) is 4.72 Å². The van der Waals surface area contributed by atoms with Gasteiger partial charge in [-0.25, -0.2) is 16.8 Å². The van der Waals surface area contributed by atoms with Crippen molar-refractivity contribution < 1.29 is 16.8 Å². The molecule has 152 valence electrons. The Kier molecular flexibility index (Phi) is 5.46. The van der Waals surface area contributed by atoms with Crippen molar-refractivity contribution in [1.29, 1.82) is 0 Å². The van der Waals surface area contributed by atoms with Gasteiger partial charge >= 0.3 is 0 Å². The second-order valence-electron chi connectivity index (χ2n) is 6.46. The molecule has 0 aliphatic rings. The summed E-state index contributed by atoms with van der Waals surface area (Å²) in [4.78, 5) is 0.0932. The SMILES string of the molecule is O=S(=O)(Nc1cscc1S(=O)(=O)c1ccccc1)c1ccc(-c2ccccc2)cc1. The predicted molar refractivity (Wildman–Crippen MR) is 119 cm³/mol. The third kappa shape index (κ3) is 4.02. The number of nitrogens with one attached hydrogen (secondary N) is 1. The van der Waals surface area contributed by atoms with Gasteiger partial charge in [0.15, 0.2) is 0 Å². The van der Waals surface area contributed by atoms with Crippen LogP contribution in [0.1, 0.15) is 0 Å². The Labute approximate surface area is 179 Å². The van der Waals surface area contributed by atoms with Crippen molar-refractivity contribution in [2.24, 2.45) is 0 Å². The molecule has 1 heterocycles.